The maximum Gasteiger partial charge on any atom is 0.238 e. The van der Waals surface area contributed by atoms with Crippen molar-refractivity contribution in [1.29, 1.82) is 0 Å². The molecule has 8 N–H and O–H groups in total. The Bertz CT molecular complexity index is 2400. The standard InChI is InChI=1S/C32H24F2N8O4S2/c33-23-13-17(9-11-25(23)39-41-27-15-29(47(37,43)44)19-5-1-3-7-21(19)31(27)35)18-10-12-26(24(34)14-18)40-42-28-16-30(48(38,45)46)20-6-2-4-8-22(20)32(28)36/h1-16H,35-36H2,(H2,37,43,44)(H2,38,45,46)/b41-39+,42-40+. The van der Waals surface area contributed by atoms with Crippen LogP contribution >= 0.6 is 0 Å². The number of primary sulfonamides is 2. The number of rotatable bonds is 7. The van der Waals surface area contributed by atoms with Gasteiger partial charge in [0.25, 0.3) is 0 Å². The van der Waals surface area contributed by atoms with Crippen LogP contribution in [0.25, 0.3) is 32.7 Å². The number of fused-ring (bicyclic) bond motifs is 2. The molecule has 0 spiro atoms. The fourth-order valence-electron chi connectivity index (χ4n) is 5.09. The van der Waals surface area contributed by atoms with Crippen molar-refractivity contribution in [1.82, 2.24) is 0 Å². The van der Waals surface area contributed by atoms with E-state index in [0.717, 1.165) is 24.3 Å². The summed E-state index contributed by atoms with van der Waals surface area (Å²) in [4.78, 5) is -0.424. The van der Waals surface area contributed by atoms with Gasteiger partial charge in [-0.05, 0) is 47.5 Å². The Labute approximate surface area is 272 Å². The van der Waals surface area contributed by atoms with E-state index in [1.165, 1.54) is 24.3 Å². The summed E-state index contributed by atoms with van der Waals surface area (Å²) in [5.74, 6) is -1.60. The van der Waals surface area contributed by atoms with Gasteiger partial charge >= 0.3 is 0 Å². The van der Waals surface area contributed by atoms with Crippen molar-refractivity contribution in [3.8, 4) is 11.1 Å². The summed E-state index contributed by atoms with van der Waals surface area (Å²) in [5.41, 5.74) is 12.8. The summed E-state index contributed by atoms with van der Waals surface area (Å²) in [5, 5.41) is 27.9. The van der Waals surface area contributed by atoms with Crippen molar-refractivity contribution in [2.75, 3.05) is 11.5 Å². The van der Waals surface area contributed by atoms with E-state index in [0.29, 0.717) is 32.7 Å². The largest absolute Gasteiger partial charge is 0.396 e. The smallest absolute Gasteiger partial charge is 0.238 e. The molecule has 0 aliphatic heterocycles. The minimum absolute atomic E-state index is 0.0284. The number of nitrogens with zero attached hydrogens (tertiary/aromatic N) is 4. The highest BCUT2D eigenvalue weighted by atomic mass is 32.2. The molecule has 0 fully saturated rings. The molecule has 0 atom stereocenters. The predicted octanol–water partition coefficient (Wildman–Crippen LogP) is 7.23. The average molecular weight is 687 g/mol. The summed E-state index contributed by atoms with van der Waals surface area (Å²) in [6.07, 6.45) is 0. The molecule has 0 bridgehead atoms. The number of hydrogen-bond acceptors (Lipinski definition) is 10. The lowest BCUT2D eigenvalue weighted by molar-refractivity contribution is 0.597. The van der Waals surface area contributed by atoms with Crippen LogP contribution in [-0.2, 0) is 20.0 Å². The van der Waals surface area contributed by atoms with E-state index in [1.807, 2.05) is 0 Å². The van der Waals surface area contributed by atoms with Crippen molar-refractivity contribution in [3.63, 3.8) is 0 Å². The Balaban J connectivity index is 1.28. The summed E-state index contributed by atoms with van der Waals surface area (Å²) < 4.78 is 79.0. The number of hydrogen-bond donors (Lipinski definition) is 4. The summed E-state index contributed by atoms with van der Waals surface area (Å²) in [6, 6.07) is 23.0. The third kappa shape index (κ3) is 6.19. The molecule has 6 aromatic rings. The van der Waals surface area contributed by atoms with Crippen LogP contribution in [0.1, 0.15) is 0 Å². The normalized spacial score (nSPS) is 12.5. The minimum Gasteiger partial charge on any atom is -0.396 e. The van der Waals surface area contributed by atoms with Gasteiger partial charge in [-0.15, -0.1) is 20.5 Å². The third-order valence-electron chi connectivity index (χ3n) is 7.43. The van der Waals surface area contributed by atoms with Crippen LogP contribution in [0.4, 0.5) is 42.9 Å². The van der Waals surface area contributed by atoms with Gasteiger partial charge < -0.3 is 11.5 Å². The Kier molecular flexibility index (Phi) is 8.18. The van der Waals surface area contributed by atoms with Crippen molar-refractivity contribution in [3.05, 3.63) is 109 Å². The topological polar surface area (TPSA) is 222 Å². The predicted molar refractivity (Wildman–Crippen MR) is 180 cm³/mol. The summed E-state index contributed by atoms with van der Waals surface area (Å²) >= 11 is 0. The Hall–Kier alpha value is -5.68. The van der Waals surface area contributed by atoms with Crippen molar-refractivity contribution >= 4 is 75.7 Å². The van der Waals surface area contributed by atoms with Crippen LogP contribution in [-0.4, -0.2) is 16.8 Å². The van der Waals surface area contributed by atoms with Gasteiger partial charge in [0.2, 0.25) is 20.0 Å². The molecule has 0 saturated carbocycles. The molecule has 48 heavy (non-hydrogen) atoms. The molecule has 0 aliphatic rings. The second-order valence-electron chi connectivity index (χ2n) is 10.5. The van der Waals surface area contributed by atoms with Crippen LogP contribution in [0.15, 0.2) is 127 Å². The SMILES string of the molecule is Nc1c(/N=N/c2ccc(-c3ccc(/N=N/c4cc(S(N)(=O)=O)c5ccccc5c4N)c(F)c3)cc2F)cc(S(N)(=O)=O)c2ccccc12. The maximum atomic E-state index is 15.1. The lowest BCUT2D eigenvalue weighted by Crippen LogP contribution is -2.13. The average Bonchev–Trinajstić information content (AvgIpc) is 3.04. The van der Waals surface area contributed by atoms with Crippen LogP contribution in [0.3, 0.4) is 0 Å². The van der Waals surface area contributed by atoms with Crippen molar-refractivity contribution in [2.45, 2.75) is 9.79 Å². The second-order valence-corrected chi connectivity index (χ2v) is 13.6. The molecular weight excluding hydrogens is 663 g/mol. The molecular formula is C32H24F2N8O4S2. The highest BCUT2D eigenvalue weighted by molar-refractivity contribution is 7.89. The quantitative estimate of drug-likeness (QED) is 0.100. The highest BCUT2D eigenvalue weighted by Gasteiger charge is 2.19. The van der Waals surface area contributed by atoms with Crippen molar-refractivity contribution in [2.24, 2.45) is 30.7 Å². The number of azo groups is 2. The molecule has 0 amide bonds. The monoisotopic (exact) mass is 686 g/mol. The number of nitrogens with two attached hydrogens (primary N) is 4. The van der Waals surface area contributed by atoms with Crippen LogP contribution < -0.4 is 21.7 Å². The van der Waals surface area contributed by atoms with Crippen LogP contribution in [0, 0.1) is 11.6 Å². The number of anilines is 2. The molecule has 0 heterocycles. The molecule has 16 heteroatoms. The van der Waals surface area contributed by atoms with Crippen LogP contribution in [0.5, 0.6) is 0 Å². The van der Waals surface area contributed by atoms with Gasteiger partial charge in [0.1, 0.15) is 22.7 Å². The summed E-state index contributed by atoms with van der Waals surface area (Å²) in [6.45, 7) is 0. The molecule has 0 aliphatic carbocycles. The van der Waals surface area contributed by atoms with E-state index in [9.17, 15) is 16.8 Å². The molecule has 0 saturated heterocycles. The van der Waals surface area contributed by atoms with Gasteiger partial charge in [-0.1, -0.05) is 60.7 Å². The van der Waals surface area contributed by atoms with E-state index in [4.69, 9.17) is 21.7 Å². The number of halogens is 2. The molecule has 0 aromatic heterocycles. The zero-order valence-corrected chi connectivity index (χ0v) is 26.2. The fraction of sp³-hybridized carbons (Fsp3) is 0. The second kappa shape index (κ2) is 12.2. The zero-order chi connectivity index (χ0) is 34.4. The van der Waals surface area contributed by atoms with Crippen molar-refractivity contribution < 1.29 is 25.6 Å². The lowest BCUT2D eigenvalue weighted by Gasteiger charge is -2.10. The van der Waals surface area contributed by atoms with E-state index >= 15 is 8.78 Å². The molecule has 0 unspecified atom stereocenters. The van der Waals surface area contributed by atoms with E-state index in [1.54, 1.807) is 48.5 Å². The first kappa shape index (κ1) is 32.3. The van der Waals surface area contributed by atoms with Gasteiger partial charge in [-0.25, -0.2) is 35.9 Å². The van der Waals surface area contributed by atoms with Gasteiger partial charge in [0.15, 0.2) is 11.6 Å². The maximum absolute atomic E-state index is 15.1. The lowest BCUT2D eigenvalue weighted by atomic mass is 10.0. The van der Waals surface area contributed by atoms with Gasteiger partial charge in [-0.3, -0.25) is 0 Å². The molecule has 12 nitrogen and oxygen atoms in total. The Morgan fingerprint density at radius 3 is 1.12 bits per heavy atom. The van der Waals surface area contributed by atoms with Crippen LogP contribution in [0.2, 0.25) is 0 Å². The van der Waals surface area contributed by atoms with Gasteiger partial charge in [0.05, 0.1) is 21.2 Å². The first-order chi connectivity index (χ1) is 22.7. The van der Waals surface area contributed by atoms with Gasteiger partial charge in [0, 0.05) is 21.5 Å². The molecule has 6 aromatic carbocycles. The number of sulfonamides is 2. The Morgan fingerprint density at radius 1 is 0.458 bits per heavy atom. The molecule has 6 rings (SSSR count). The van der Waals surface area contributed by atoms with Gasteiger partial charge in [-0.2, -0.15) is 0 Å². The third-order valence-corrected chi connectivity index (χ3v) is 9.33. The van der Waals surface area contributed by atoms with E-state index in [-0.39, 0.29) is 43.9 Å². The number of nitrogen functional groups attached to an aromatic ring is 2. The number of benzene rings is 6. The fourth-order valence-corrected chi connectivity index (χ4v) is 6.61. The minimum atomic E-state index is -4.14. The highest BCUT2D eigenvalue weighted by Crippen LogP contribution is 2.39. The first-order valence-corrected chi connectivity index (χ1v) is 16.9. The van der Waals surface area contributed by atoms with E-state index < -0.39 is 31.7 Å². The first-order valence-electron chi connectivity index (χ1n) is 13.8. The zero-order valence-electron chi connectivity index (χ0n) is 24.5. The Morgan fingerprint density at radius 2 is 0.792 bits per heavy atom. The van der Waals surface area contributed by atoms with E-state index in [2.05, 4.69) is 20.5 Å². The molecule has 242 valence electrons. The summed E-state index contributed by atoms with van der Waals surface area (Å²) in [7, 11) is -8.29. The molecule has 0 radical (unpaired) electrons.